The second-order valence-electron chi connectivity index (χ2n) is 10.5. The number of aromatic amines is 1. The first-order chi connectivity index (χ1) is 21.0. The Morgan fingerprint density at radius 3 is 2.70 bits per heavy atom. The fourth-order valence-corrected chi connectivity index (χ4v) is 5.31. The van der Waals surface area contributed by atoms with Crippen LogP contribution >= 0.6 is 11.6 Å². The van der Waals surface area contributed by atoms with Crippen LogP contribution in [-0.4, -0.2) is 39.8 Å². The molecular formula is C31H30ClFN6O5. The standard InChI is InChI=1S/C31H30ClFN6O5/c1-16-6-4-8-23(37-30(42)21-15-34-39(17(21)2)26-9-5-7-22(32)28(26)33)25-12-18(13-27(40)36-25)20-11-10-19(35-31(43)44-3)14-24(20)38-29(16)41/h5,7,9-16,23H,4,6,8H2,1-3H3,(H,35,43)(H,36,40)(H,37,42)(H,38,41)/t16-,23+/m1/s1. The first kappa shape index (κ1) is 30.5. The van der Waals surface area contributed by atoms with Gasteiger partial charge in [0.15, 0.2) is 5.82 Å². The number of H-pyrrole nitrogens is 1. The summed E-state index contributed by atoms with van der Waals surface area (Å²) in [5.74, 6) is -1.73. The maximum Gasteiger partial charge on any atom is 0.411 e. The van der Waals surface area contributed by atoms with Gasteiger partial charge in [-0.05, 0) is 55.7 Å². The highest BCUT2D eigenvalue weighted by molar-refractivity contribution is 6.30. The van der Waals surface area contributed by atoms with Gasteiger partial charge in [0, 0.05) is 28.9 Å². The van der Waals surface area contributed by atoms with Crippen molar-refractivity contribution in [1.82, 2.24) is 20.1 Å². The average Bonchev–Trinajstić information content (AvgIpc) is 3.38. The van der Waals surface area contributed by atoms with Gasteiger partial charge in [0.25, 0.3) is 5.91 Å². The van der Waals surface area contributed by atoms with E-state index in [9.17, 15) is 23.6 Å². The van der Waals surface area contributed by atoms with Crippen LogP contribution in [0.15, 0.2) is 59.5 Å². The average molecular weight is 621 g/mol. The molecule has 3 amide bonds. The van der Waals surface area contributed by atoms with E-state index in [1.54, 1.807) is 44.2 Å². The molecule has 4 N–H and O–H groups in total. The minimum absolute atomic E-state index is 0.0686. The fraction of sp³-hybridized carbons (Fsp3) is 0.258. The van der Waals surface area contributed by atoms with E-state index in [-0.39, 0.29) is 28.1 Å². The lowest BCUT2D eigenvalue weighted by Crippen LogP contribution is -2.31. The van der Waals surface area contributed by atoms with Crippen molar-refractivity contribution in [3.05, 3.63) is 92.9 Å². The van der Waals surface area contributed by atoms with E-state index in [0.717, 1.165) is 0 Å². The normalized spacial score (nSPS) is 16.5. The Bertz CT molecular complexity index is 1820. The number of aromatic nitrogens is 3. The number of nitrogens with one attached hydrogen (secondary N) is 4. The molecule has 5 rings (SSSR count). The van der Waals surface area contributed by atoms with Gasteiger partial charge in [-0.1, -0.05) is 37.1 Å². The zero-order chi connectivity index (χ0) is 31.5. The Morgan fingerprint density at radius 1 is 1.14 bits per heavy atom. The molecule has 0 unspecified atom stereocenters. The van der Waals surface area contributed by atoms with Gasteiger partial charge >= 0.3 is 6.09 Å². The molecule has 11 nitrogen and oxygen atoms in total. The molecule has 2 aromatic heterocycles. The van der Waals surface area contributed by atoms with Gasteiger partial charge in [0.1, 0.15) is 5.69 Å². The van der Waals surface area contributed by atoms with Crippen molar-refractivity contribution in [2.75, 3.05) is 17.7 Å². The molecule has 13 heteroatoms. The third-order valence-corrected chi connectivity index (χ3v) is 7.85. The zero-order valence-corrected chi connectivity index (χ0v) is 24.9. The van der Waals surface area contributed by atoms with Crippen molar-refractivity contribution in [3.63, 3.8) is 0 Å². The summed E-state index contributed by atoms with van der Waals surface area (Å²) in [5.41, 5.74) is 2.60. The van der Waals surface area contributed by atoms with Crippen LogP contribution in [-0.2, 0) is 9.53 Å². The Kier molecular flexibility index (Phi) is 8.81. The number of benzene rings is 2. The van der Waals surface area contributed by atoms with E-state index in [0.29, 0.717) is 53.2 Å². The summed E-state index contributed by atoms with van der Waals surface area (Å²) in [7, 11) is 1.24. The number of methoxy groups -OCH3 is 1. The lowest BCUT2D eigenvalue weighted by Gasteiger charge is -2.23. The van der Waals surface area contributed by atoms with Crippen LogP contribution in [0.5, 0.6) is 0 Å². The topological polar surface area (TPSA) is 147 Å². The number of fused-ring (bicyclic) bond motifs is 4. The number of hydrogen-bond donors (Lipinski definition) is 4. The predicted octanol–water partition coefficient (Wildman–Crippen LogP) is 5.74. The molecule has 44 heavy (non-hydrogen) atoms. The first-order valence-electron chi connectivity index (χ1n) is 13.9. The maximum atomic E-state index is 14.7. The number of amides is 3. The monoisotopic (exact) mass is 620 g/mol. The summed E-state index contributed by atoms with van der Waals surface area (Å²) in [6.07, 6.45) is 2.15. The number of pyridine rings is 1. The molecular weight excluding hydrogens is 591 g/mol. The van der Waals surface area contributed by atoms with E-state index in [1.165, 1.54) is 36.2 Å². The number of ether oxygens (including phenoxy) is 1. The smallest absolute Gasteiger partial charge is 0.411 e. The van der Waals surface area contributed by atoms with Crippen LogP contribution in [0.25, 0.3) is 16.8 Å². The van der Waals surface area contributed by atoms with Crippen molar-refractivity contribution in [3.8, 4) is 16.8 Å². The Hall–Kier alpha value is -4.97. The molecule has 0 radical (unpaired) electrons. The third kappa shape index (κ3) is 6.35. The van der Waals surface area contributed by atoms with Gasteiger partial charge in [-0.2, -0.15) is 5.10 Å². The molecule has 228 valence electrons. The number of halogens is 2. The lowest BCUT2D eigenvalue weighted by molar-refractivity contribution is -0.119. The lowest BCUT2D eigenvalue weighted by atomic mass is 9.95. The van der Waals surface area contributed by atoms with Gasteiger partial charge in [-0.25, -0.2) is 13.9 Å². The second kappa shape index (κ2) is 12.7. The minimum atomic E-state index is -0.673. The van der Waals surface area contributed by atoms with E-state index < -0.39 is 29.4 Å². The number of hydrogen-bond acceptors (Lipinski definition) is 6. The molecule has 0 fully saturated rings. The first-order valence-corrected chi connectivity index (χ1v) is 14.3. The quantitative estimate of drug-likeness (QED) is 0.229. The van der Waals surface area contributed by atoms with Crippen LogP contribution in [0.4, 0.5) is 20.6 Å². The summed E-state index contributed by atoms with van der Waals surface area (Å²) >= 11 is 5.95. The highest BCUT2D eigenvalue weighted by Gasteiger charge is 2.25. The summed E-state index contributed by atoms with van der Waals surface area (Å²) in [4.78, 5) is 54.2. The Morgan fingerprint density at radius 2 is 1.93 bits per heavy atom. The van der Waals surface area contributed by atoms with E-state index >= 15 is 0 Å². The molecule has 4 aromatic rings. The molecule has 1 aliphatic rings. The van der Waals surface area contributed by atoms with E-state index in [2.05, 4.69) is 30.8 Å². The van der Waals surface area contributed by atoms with Crippen molar-refractivity contribution in [1.29, 1.82) is 0 Å². The molecule has 0 saturated heterocycles. The van der Waals surface area contributed by atoms with Crippen LogP contribution in [0, 0.1) is 18.7 Å². The van der Waals surface area contributed by atoms with Crippen molar-refractivity contribution < 1.29 is 23.5 Å². The molecule has 2 aromatic carbocycles. The Labute approximate surface area is 256 Å². The number of anilines is 2. The van der Waals surface area contributed by atoms with Crippen molar-refractivity contribution >= 4 is 40.9 Å². The number of nitrogens with zero attached hydrogens (tertiary/aromatic N) is 2. The van der Waals surface area contributed by atoms with Gasteiger partial charge in [0.2, 0.25) is 11.5 Å². The van der Waals surface area contributed by atoms with Crippen LogP contribution in [0.3, 0.4) is 0 Å². The fourth-order valence-electron chi connectivity index (χ4n) is 5.14. The summed E-state index contributed by atoms with van der Waals surface area (Å²) in [6, 6.07) is 11.9. The van der Waals surface area contributed by atoms with Crippen LogP contribution in [0.1, 0.15) is 54.0 Å². The minimum Gasteiger partial charge on any atom is -0.453 e. The van der Waals surface area contributed by atoms with E-state index in [1.807, 2.05) is 0 Å². The molecule has 0 saturated carbocycles. The van der Waals surface area contributed by atoms with Crippen LogP contribution < -0.4 is 21.5 Å². The molecule has 3 heterocycles. The molecule has 0 spiro atoms. The van der Waals surface area contributed by atoms with Gasteiger partial charge in [-0.15, -0.1) is 0 Å². The maximum absolute atomic E-state index is 14.7. The largest absolute Gasteiger partial charge is 0.453 e. The number of rotatable bonds is 4. The molecule has 2 bridgehead atoms. The van der Waals surface area contributed by atoms with Gasteiger partial charge in [-0.3, -0.25) is 19.7 Å². The van der Waals surface area contributed by atoms with Gasteiger partial charge in [0.05, 0.1) is 41.3 Å². The predicted molar refractivity (Wildman–Crippen MR) is 164 cm³/mol. The Balaban J connectivity index is 1.52. The molecule has 0 aliphatic carbocycles. The highest BCUT2D eigenvalue weighted by atomic mass is 35.5. The van der Waals surface area contributed by atoms with Gasteiger partial charge < -0.3 is 20.4 Å². The number of carbonyl (C=O) groups is 3. The third-order valence-electron chi connectivity index (χ3n) is 7.56. The summed E-state index contributed by atoms with van der Waals surface area (Å²) < 4.78 is 20.7. The summed E-state index contributed by atoms with van der Waals surface area (Å²) in [5, 5.41) is 12.7. The SMILES string of the molecule is COC(=O)Nc1ccc2c(c1)NC(=O)[C@H](C)CCC[C@H](NC(=O)c1cnn(-c3cccc(Cl)c3F)c1C)c1cc-2cc(=O)[nH]1. The second-order valence-corrected chi connectivity index (χ2v) is 10.9. The van der Waals surface area contributed by atoms with E-state index in [4.69, 9.17) is 11.6 Å². The van der Waals surface area contributed by atoms with Crippen molar-refractivity contribution in [2.24, 2.45) is 5.92 Å². The highest BCUT2D eigenvalue weighted by Crippen LogP contribution is 2.33. The van der Waals surface area contributed by atoms with Crippen LogP contribution in [0.2, 0.25) is 5.02 Å². The summed E-state index contributed by atoms with van der Waals surface area (Å²) in [6.45, 7) is 3.45. The van der Waals surface area contributed by atoms with Crippen molar-refractivity contribution in [2.45, 2.75) is 39.2 Å². The zero-order valence-electron chi connectivity index (χ0n) is 24.2. The molecule has 2 atom stereocenters. The number of carbonyl (C=O) groups excluding carboxylic acids is 3. The molecule has 1 aliphatic heterocycles.